The minimum atomic E-state index is -4.38. The molecule has 2 aromatic heterocycles. The summed E-state index contributed by atoms with van der Waals surface area (Å²) in [6.45, 7) is 2.03. The number of aryl methyl sites for hydroxylation is 1. The summed E-state index contributed by atoms with van der Waals surface area (Å²) >= 11 is 5.14. The van der Waals surface area contributed by atoms with Gasteiger partial charge in [-0.05, 0) is 24.6 Å². The maximum Gasteiger partial charge on any atom is 0.417 e. The van der Waals surface area contributed by atoms with E-state index < -0.39 is 11.7 Å². The maximum absolute atomic E-state index is 12.4. The maximum atomic E-state index is 12.4. The molecule has 0 unspecified atom stereocenters. The lowest BCUT2D eigenvalue weighted by Gasteiger charge is -2.07. The van der Waals surface area contributed by atoms with E-state index in [1.807, 2.05) is 6.92 Å². The van der Waals surface area contributed by atoms with E-state index in [9.17, 15) is 13.2 Å². The fourth-order valence-electron chi connectivity index (χ4n) is 1.70. The molecule has 1 N–H and O–H groups in total. The molecule has 0 aliphatic carbocycles. The number of pyridine rings is 1. The summed E-state index contributed by atoms with van der Waals surface area (Å²) in [5, 5.41) is 3.03. The van der Waals surface area contributed by atoms with Crippen molar-refractivity contribution in [2.75, 3.05) is 0 Å². The summed E-state index contributed by atoms with van der Waals surface area (Å²) < 4.78 is 39.3. The second kappa shape index (κ2) is 5.16. The Balaban J connectivity index is 2.35. The van der Waals surface area contributed by atoms with Crippen LogP contribution in [0.1, 0.15) is 24.6 Å². The lowest BCUT2D eigenvalue weighted by atomic mass is 10.3. The average Bonchev–Trinajstić information content (AvgIpc) is 2.70. The van der Waals surface area contributed by atoms with E-state index >= 15 is 0 Å². The minimum Gasteiger partial charge on any atom is -0.296 e. The number of nitrogens with one attached hydrogen (secondary N) is 1. The van der Waals surface area contributed by atoms with Gasteiger partial charge in [0.1, 0.15) is 4.64 Å². The van der Waals surface area contributed by atoms with Gasteiger partial charge in [-0.1, -0.05) is 25.6 Å². The van der Waals surface area contributed by atoms with Crippen molar-refractivity contribution in [1.82, 2.24) is 14.8 Å². The van der Waals surface area contributed by atoms with Crippen LogP contribution >= 0.6 is 12.2 Å². The number of hydrogen-bond acceptors (Lipinski definition) is 2. The van der Waals surface area contributed by atoms with Crippen molar-refractivity contribution in [1.29, 1.82) is 0 Å². The third-order valence-corrected chi connectivity index (χ3v) is 2.90. The van der Waals surface area contributed by atoms with Crippen molar-refractivity contribution in [2.45, 2.75) is 25.9 Å². The number of halogens is 3. The van der Waals surface area contributed by atoms with Gasteiger partial charge < -0.3 is 0 Å². The highest BCUT2D eigenvalue weighted by Crippen LogP contribution is 2.28. The molecule has 102 valence electrons. The monoisotopic (exact) mass is 287 g/mol. The second-order valence-electron chi connectivity index (χ2n) is 4.11. The fourth-order valence-corrected chi connectivity index (χ4v) is 1.98. The molecule has 19 heavy (non-hydrogen) atoms. The van der Waals surface area contributed by atoms with Gasteiger partial charge in [0.25, 0.3) is 0 Å². The van der Waals surface area contributed by atoms with Crippen LogP contribution in [0.2, 0.25) is 0 Å². The number of hydrogen-bond donors (Lipinski definition) is 1. The summed E-state index contributed by atoms with van der Waals surface area (Å²) in [5.74, 6) is 0.348. The van der Waals surface area contributed by atoms with E-state index in [1.165, 1.54) is 10.7 Å². The lowest BCUT2D eigenvalue weighted by molar-refractivity contribution is -0.137. The first-order valence-corrected chi connectivity index (χ1v) is 6.17. The zero-order chi connectivity index (χ0) is 14.0. The Kier molecular flexibility index (Phi) is 3.75. The molecule has 0 aliphatic heterocycles. The van der Waals surface area contributed by atoms with Crippen LogP contribution in [0.4, 0.5) is 13.2 Å². The second-order valence-corrected chi connectivity index (χ2v) is 4.53. The average molecular weight is 287 g/mol. The molecule has 0 spiro atoms. The van der Waals surface area contributed by atoms with Crippen LogP contribution in [0.15, 0.2) is 24.4 Å². The summed E-state index contributed by atoms with van der Waals surface area (Å²) in [7, 11) is 0. The van der Waals surface area contributed by atoms with Crippen LogP contribution in [0.3, 0.4) is 0 Å². The van der Waals surface area contributed by atoms with Gasteiger partial charge in [0.15, 0.2) is 5.82 Å². The predicted molar refractivity (Wildman–Crippen MR) is 67.7 cm³/mol. The van der Waals surface area contributed by atoms with Crippen molar-refractivity contribution in [2.24, 2.45) is 0 Å². The summed E-state index contributed by atoms with van der Waals surface area (Å²) in [6, 6.07) is 4.08. The smallest absolute Gasteiger partial charge is 0.296 e. The first-order chi connectivity index (χ1) is 8.91. The normalized spacial score (nSPS) is 11.8. The number of aromatic amines is 1. The van der Waals surface area contributed by atoms with Crippen LogP contribution < -0.4 is 0 Å². The number of H-pyrrole nitrogens is 1. The molecule has 3 nitrogen and oxygen atoms in total. The fraction of sp³-hybridized carbons (Fsp3) is 0.333. The highest BCUT2D eigenvalue weighted by atomic mass is 32.1. The Morgan fingerprint density at radius 1 is 1.37 bits per heavy atom. The Bertz CT molecular complexity index is 610. The number of nitrogens with zero attached hydrogens (tertiary/aromatic N) is 2. The van der Waals surface area contributed by atoms with E-state index in [0.29, 0.717) is 10.5 Å². The predicted octanol–water partition coefficient (Wildman–Crippen LogP) is 3.90. The molecule has 0 saturated heterocycles. The van der Waals surface area contributed by atoms with Crippen molar-refractivity contribution < 1.29 is 13.2 Å². The van der Waals surface area contributed by atoms with E-state index in [4.69, 9.17) is 12.2 Å². The zero-order valence-electron chi connectivity index (χ0n) is 10.2. The van der Waals surface area contributed by atoms with Crippen LogP contribution in [0.5, 0.6) is 0 Å². The Labute approximate surface area is 113 Å². The Hall–Kier alpha value is -1.63. The number of rotatable bonds is 3. The van der Waals surface area contributed by atoms with Crippen LogP contribution in [-0.2, 0) is 12.6 Å². The molecule has 2 rings (SSSR count). The molecule has 0 saturated carbocycles. The molecule has 2 aromatic rings. The molecule has 0 atom stereocenters. The van der Waals surface area contributed by atoms with Gasteiger partial charge in [-0.25, -0.2) is 9.67 Å². The van der Waals surface area contributed by atoms with Gasteiger partial charge >= 0.3 is 6.18 Å². The molecule has 0 radical (unpaired) electrons. The standard InChI is InChI=1S/C12H12F3N3S/c1-2-3-9-6-11(19)18(17-9)10-5-4-8(7-16-10)12(13,14)15/h4-7,17H,2-3H2,1H3. The first kappa shape index (κ1) is 13.8. The zero-order valence-corrected chi connectivity index (χ0v) is 11.0. The molecule has 7 heteroatoms. The molecular formula is C12H12F3N3S. The van der Waals surface area contributed by atoms with Gasteiger partial charge in [-0.3, -0.25) is 5.10 Å². The summed E-state index contributed by atoms with van der Waals surface area (Å²) in [4.78, 5) is 3.79. The van der Waals surface area contributed by atoms with Crippen LogP contribution in [-0.4, -0.2) is 14.8 Å². The van der Waals surface area contributed by atoms with E-state index in [2.05, 4.69) is 10.1 Å². The Morgan fingerprint density at radius 2 is 2.11 bits per heavy atom. The Morgan fingerprint density at radius 3 is 2.63 bits per heavy atom. The van der Waals surface area contributed by atoms with E-state index in [-0.39, 0.29) is 0 Å². The SMILES string of the molecule is CCCc1cc(=S)n(-c2ccc(C(F)(F)F)cn2)[nH]1. The molecule has 0 bridgehead atoms. The van der Waals surface area contributed by atoms with Gasteiger partial charge in [-0.2, -0.15) is 13.2 Å². The molecule has 0 aliphatic rings. The van der Waals surface area contributed by atoms with Gasteiger partial charge in [-0.15, -0.1) is 0 Å². The minimum absolute atomic E-state index is 0.348. The van der Waals surface area contributed by atoms with Gasteiger partial charge in [0.2, 0.25) is 0 Å². The number of alkyl halides is 3. The highest BCUT2D eigenvalue weighted by Gasteiger charge is 2.30. The third-order valence-electron chi connectivity index (χ3n) is 2.60. The van der Waals surface area contributed by atoms with Crippen molar-refractivity contribution in [3.8, 4) is 5.82 Å². The molecule has 0 fully saturated rings. The number of aromatic nitrogens is 3. The van der Waals surface area contributed by atoms with Crippen molar-refractivity contribution in [3.63, 3.8) is 0 Å². The highest BCUT2D eigenvalue weighted by molar-refractivity contribution is 7.71. The van der Waals surface area contributed by atoms with E-state index in [1.54, 1.807) is 6.07 Å². The quantitative estimate of drug-likeness (QED) is 0.869. The van der Waals surface area contributed by atoms with E-state index in [0.717, 1.165) is 30.8 Å². The molecular weight excluding hydrogens is 275 g/mol. The lowest BCUT2D eigenvalue weighted by Crippen LogP contribution is -2.07. The molecule has 0 aromatic carbocycles. The van der Waals surface area contributed by atoms with Crippen LogP contribution in [0.25, 0.3) is 5.82 Å². The summed E-state index contributed by atoms with van der Waals surface area (Å²) in [6.07, 6.45) is -1.79. The third kappa shape index (κ3) is 3.04. The van der Waals surface area contributed by atoms with Crippen molar-refractivity contribution >= 4 is 12.2 Å². The van der Waals surface area contributed by atoms with Crippen LogP contribution in [0, 0.1) is 4.64 Å². The van der Waals surface area contributed by atoms with Crippen molar-refractivity contribution in [3.05, 3.63) is 40.3 Å². The molecule has 2 heterocycles. The first-order valence-electron chi connectivity index (χ1n) is 5.76. The van der Waals surface area contributed by atoms with Gasteiger partial charge in [0.05, 0.1) is 5.56 Å². The summed E-state index contributed by atoms with van der Waals surface area (Å²) in [5.41, 5.74) is 0.164. The topological polar surface area (TPSA) is 33.6 Å². The van der Waals surface area contributed by atoms with Gasteiger partial charge in [0, 0.05) is 11.9 Å². The largest absolute Gasteiger partial charge is 0.417 e. The molecule has 0 amide bonds.